The number of sulfonamides is 1. The minimum Gasteiger partial charge on any atom is -0.384 e. The molecule has 1 aromatic carbocycles. The summed E-state index contributed by atoms with van der Waals surface area (Å²) in [4.78, 5) is 7.84. The lowest BCUT2D eigenvalue weighted by Crippen LogP contribution is -2.16. The van der Waals surface area contributed by atoms with Gasteiger partial charge in [-0.05, 0) is 36.4 Å². The van der Waals surface area contributed by atoms with Gasteiger partial charge in [-0.2, -0.15) is 21.6 Å². The molecule has 0 amide bonds. The molecule has 0 aliphatic heterocycles. The van der Waals surface area contributed by atoms with Gasteiger partial charge < -0.3 is 5.73 Å². The van der Waals surface area contributed by atoms with Crippen LogP contribution in [0.4, 0.5) is 24.8 Å². The van der Waals surface area contributed by atoms with Crippen LogP contribution < -0.4 is 10.5 Å². The van der Waals surface area contributed by atoms with E-state index >= 15 is 0 Å². The number of anilines is 2. The first-order valence-electron chi connectivity index (χ1n) is 7.66. The summed E-state index contributed by atoms with van der Waals surface area (Å²) in [5, 5.41) is -0.162. The van der Waals surface area contributed by atoms with Gasteiger partial charge >= 0.3 is 6.18 Å². The number of nitrogens with zero attached hydrogens (tertiary/aromatic N) is 2. The zero-order valence-corrected chi connectivity index (χ0v) is 15.5. The van der Waals surface area contributed by atoms with Crippen molar-refractivity contribution in [3.63, 3.8) is 0 Å². The number of nitrogen functional groups attached to an aromatic ring is 1. The van der Waals surface area contributed by atoms with E-state index in [2.05, 4.69) is 14.7 Å². The minimum atomic E-state index is -4.47. The maximum absolute atomic E-state index is 12.7. The zero-order valence-electron chi connectivity index (χ0n) is 13.9. The Morgan fingerprint density at radius 1 is 0.964 bits per heavy atom. The number of benzene rings is 1. The van der Waals surface area contributed by atoms with E-state index in [0.717, 1.165) is 12.1 Å². The molecule has 0 bridgehead atoms. The number of hydrogen-bond donors (Lipinski definition) is 2. The quantitative estimate of drug-likeness (QED) is 0.649. The third-order valence-corrected chi connectivity index (χ3v) is 5.15. The highest BCUT2D eigenvalue weighted by Gasteiger charge is 2.30. The Labute approximate surface area is 163 Å². The van der Waals surface area contributed by atoms with Crippen LogP contribution in [0, 0.1) is 0 Å². The largest absolute Gasteiger partial charge is 0.416 e. The van der Waals surface area contributed by atoms with E-state index in [-0.39, 0.29) is 27.4 Å². The van der Waals surface area contributed by atoms with Crippen molar-refractivity contribution >= 4 is 33.3 Å². The predicted molar refractivity (Wildman–Crippen MR) is 99.1 cm³/mol. The smallest absolute Gasteiger partial charge is 0.384 e. The zero-order chi connectivity index (χ0) is 20.5. The molecule has 2 heterocycles. The number of pyridine rings is 2. The lowest BCUT2D eigenvalue weighted by atomic mass is 10.1. The first-order valence-corrected chi connectivity index (χ1v) is 9.52. The summed E-state index contributed by atoms with van der Waals surface area (Å²) in [6.07, 6.45) is -4.47. The molecule has 3 aromatic rings. The molecule has 3 rings (SSSR count). The van der Waals surface area contributed by atoms with Crippen LogP contribution in [-0.4, -0.2) is 18.4 Å². The Morgan fingerprint density at radius 3 is 2.25 bits per heavy atom. The maximum Gasteiger partial charge on any atom is 0.416 e. The van der Waals surface area contributed by atoms with E-state index in [1.54, 1.807) is 0 Å². The van der Waals surface area contributed by atoms with Gasteiger partial charge in [-0.1, -0.05) is 29.8 Å². The summed E-state index contributed by atoms with van der Waals surface area (Å²) in [7, 11) is -4.07. The normalized spacial score (nSPS) is 12.0. The third kappa shape index (κ3) is 4.34. The van der Waals surface area contributed by atoms with Crippen LogP contribution in [0.5, 0.6) is 0 Å². The molecule has 0 spiro atoms. The second kappa shape index (κ2) is 7.28. The molecule has 0 radical (unpaired) electrons. The number of nitrogens with two attached hydrogens (primary N) is 1. The van der Waals surface area contributed by atoms with E-state index in [0.29, 0.717) is 5.56 Å². The van der Waals surface area contributed by atoms with Crippen molar-refractivity contribution < 1.29 is 21.6 Å². The van der Waals surface area contributed by atoms with Crippen molar-refractivity contribution in [2.45, 2.75) is 11.2 Å². The van der Waals surface area contributed by atoms with Crippen LogP contribution in [0.1, 0.15) is 5.56 Å². The van der Waals surface area contributed by atoms with E-state index in [4.69, 9.17) is 17.3 Å². The van der Waals surface area contributed by atoms with Gasteiger partial charge in [0.2, 0.25) is 0 Å². The molecule has 28 heavy (non-hydrogen) atoms. The van der Waals surface area contributed by atoms with Crippen LogP contribution in [0.3, 0.4) is 0 Å². The van der Waals surface area contributed by atoms with Gasteiger partial charge in [-0.3, -0.25) is 4.72 Å². The Hall–Kier alpha value is -2.85. The second-order valence-electron chi connectivity index (χ2n) is 5.61. The van der Waals surface area contributed by atoms with Crippen LogP contribution in [0.2, 0.25) is 5.02 Å². The first-order chi connectivity index (χ1) is 13.1. The Morgan fingerprint density at radius 2 is 1.64 bits per heavy atom. The fourth-order valence-electron chi connectivity index (χ4n) is 2.29. The summed E-state index contributed by atoms with van der Waals surface area (Å²) in [5.41, 5.74) is 5.09. The molecule has 0 fully saturated rings. The van der Waals surface area contributed by atoms with Gasteiger partial charge in [0.15, 0.2) is 5.03 Å². The van der Waals surface area contributed by atoms with Gasteiger partial charge in [0.1, 0.15) is 11.6 Å². The molecule has 11 heteroatoms. The summed E-state index contributed by atoms with van der Waals surface area (Å²) in [5.74, 6) is -0.0547. The second-order valence-corrected chi connectivity index (χ2v) is 7.64. The Bertz CT molecular complexity index is 1120. The molecule has 146 valence electrons. The lowest BCUT2D eigenvalue weighted by Gasteiger charge is -2.11. The lowest BCUT2D eigenvalue weighted by molar-refractivity contribution is -0.137. The maximum atomic E-state index is 12.7. The van der Waals surface area contributed by atoms with E-state index < -0.39 is 21.8 Å². The number of hydrogen-bond acceptors (Lipinski definition) is 5. The number of aromatic nitrogens is 2. The van der Waals surface area contributed by atoms with Crippen molar-refractivity contribution in [3.05, 3.63) is 65.2 Å². The minimum absolute atomic E-state index is 0.0254. The highest BCUT2D eigenvalue weighted by atomic mass is 35.5. The topological polar surface area (TPSA) is 98.0 Å². The monoisotopic (exact) mass is 428 g/mol. The molecule has 0 aliphatic carbocycles. The third-order valence-electron chi connectivity index (χ3n) is 3.59. The van der Waals surface area contributed by atoms with Crippen molar-refractivity contribution in [2.24, 2.45) is 0 Å². The predicted octanol–water partition coefficient (Wildman–Crippen LogP) is 4.20. The molecule has 0 aliphatic rings. The number of halogens is 4. The van der Waals surface area contributed by atoms with Crippen LogP contribution >= 0.6 is 11.6 Å². The van der Waals surface area contributed by atoms with E-state index in [1.165, 1.54) is 42.5 Å². The van der Waals surface area contributed by atoms with Gasteiger partial charge in [0.25, 0.3) is 10.0 Å². The molecule has 3 N–H and O–H groups in total. The molecule has 0 saturated heterocycles. The van der Waals surface area contributed by atoms with E-state index in [1.807, 2.05) is 0 Å². The fraction of sp³-hybridized carbons (Fsp3) is 0.0588. The van der Waals surface area contributed by atoms with Gasteiger partial charge in [-0.25, -0.2) is 9.97 Å². The van der Waals surface area contributed by atoms with E-state index in [9.17, 15) is 21.6 Å². The average molecular weight is 429 g/mol. The van der Waals surface area contributed by atoms with Crippen molar-refractivity contribution in [1.82, 2.24) is 9.97 Å². The molecular weight excluding hydrogens is 417 g/mol. The Balaban J connectivity index is 1.94. The van der Waals surface area contributed by atoms with Crippen molar-refractivity contribution in [2.75, 3.05) is 10.5 Å². The van der Waals surface area contributed by atoms with Gasteiger partial charge in [0, 0.05) is 5.56 Å². The summed E-state index contributed by atoms with van der Waals surface area (Å²) < 4.78 is 65.2. The first kappa shape index (κ1) is 19.9. The van der Waals surface area contributed by atoms with Crippen molar-refractivity contribution in [3.8, 4) is 11.3 Å². The number of rotatable bonds is 4. The summed E-state index contributed by atoms with van der Waals surface area (Å²) >= 11 is 6.08. The molecule has 0 saturated carbocycles. The Kier molecular flexibility index (Phi) is 5.18. The number of nitrogens with one attached hydrogen (secondary N) is 1. The van der Waals surface area contributed by atoms with Gasteiger partial charge in [0.05, 0.1) is 16.3 Å². The number of alkyl halides is 3. The molecular formula is C17H12ClF3N4O2S. The highest BCUT2D eigenvalue weighted by molar-refractivity contribution is 7.92. The summed E-state index contributed by atoms with van der Waals surface area (Å²) in [6, 6.07) is 11.0. The molecule has 0 unspecified atom stereocenters. The fourth-order valence-corrected chi connectivity index (χ4v) is 3.48. The van der Waals surface area contributed by atoms with Crippen molar-refractivity contribution in [1.29, 1.82) is 0 Å². The average Bonchev–Trinajstić information content (AvgIpc) is 2.62. The highest BCUT2D eigenvalue weighted by Crippen LogP contribution is 2.33. The standard InChI is InChI=1S/C17H12ClF3N4O2S/c18-12-8-9-14(25-28(26,27)15-3-1-2-13(22)23-15)24-16(12)10-4-6-11(7-5-10)17(19,20)21/h1-9H,(H2,22,23)(H,24,25). The van der Waals surface area contributed by atoms with Crippen LogP contribution in [-0.2, 0) is 16.2 Å². The van der Waals surface area contributed by atoms with Crippen LogP contribution in [0.25, 0.3) is 11.3 Å². The molecule has 0 atom stereocenters. The van der Waals surface area contributed by atoms with Gasteiger partial charge in [-0.15, -0.1) is 0 Å². The molecule has 2 aromatic heterocycles. The summed E-state index contributed by atoms with van der Waals surface area (Å²) in [6.45, 7) is 0. The van der Waals surface area contributed by atoms with Crippen LogP contribution in [0.15, 0.2) is 59.6 Å². The molecule has 6 nitrogen and oxygen atoms in total. The SMILES string of the molecule is Nc1cccc(S(=O)(=O)Nc2ccc(Cl)c(-c3ccc(C(F)(F)F)cc3)n2)n1.